The van der Waals surface area contributed by atoms with E-state index < -0.39 is 6.61 Å². The van der Waals surface area contributed by atoms with Crippen molar-refractivity contribution in [2.75, 3.05) is 43.1 Å². The van der Waals surface area contributed by atoms with Crippen LogP contribution in [0.1, 0.15) is 12.5 Å². The van der Waals surface area contributed by atoms with Gasteiger partial charge in [0.15, 0.2) is 11.5 Å². The highest BCUT2D eigenvalue weighted by Crippen LogP contribution is 2.30. The Balaban J connectivity index is 1.60. The monoisotopic (exact) mass is 419 g/mol. The minimum Gasteiger partial charge on any atom is -0.490 e. The van der Waals surface area contributed by atoms with Gasteiger partial charge >= 0.3 is 6.61 Å². The summed E-state index contributed by atoms with van der Waals surface area (Å²) in [6, 6.07) is 8.10. The van der Waals surface area contributed by atoms with Crippen LogP contribution in [0.25, 0.3) is 6.08 Å². The molecule has 0 saturated carbocycles. The first-order chi connectivity index (χ1) is 14.5. The van der Waals surface area contributed by atoms with Gasteiger partial charge in [-0.15, -0.1) is 0 Å². The van der Waals surface area contributed by atoms with Crippen molar-refractivity contribution in [3.8, 4) is 11.5 Å². The zero-order valence-electron chi connectivity index (χ0n) is 16.5. The summed E-state index contributed by atoms with van der Waals surface area (Å²) in [4.78, 5) is 18.7. The predicted octanol–water partition coefficient (Wildman–Crippen LogP) is 3.57. The van der Waals surface area contributed by atoms with Crippen molar-refractivity contribution >= 4 is 23.5 Å². The molecule has 0 unspecified atom stereocenters. The molecule has 0 atom stereocenters. The summed E-state index contributed by atoms with van der Waals surface area (Å²) >= 11 is 0. The Morgan fingerprint density at radius 1 is 1.27 bits per heavy atom. The zero-order chi connectivity index (χ0) is 21.3. The number of ether oxygens (including phenoxy) is 3. The van der Waals surface area contributed by atoms with E-state index in [1.54, 1.807) is 31.3 Å². The van der Waals surface area contributed by atoms with Crippen LogP contribution in [0, 0.1) is 0 Å². The number of halogens is 2. The maximum atomic E-state index is 12.5. The average Bonchev–Trinajstić information content (AvgIpc) is 2.75. The molecule has 1 fully saturated rings. The number of hydrogen-bond donors (Lipinski definition) is 1. The van der Waals surface area contributed by atoms with Gasteiger partial charge in [-0.25, -0.2) is 4.98 Å². The maximum absolute atomic E-state index is 12.5. The third-order valence-corrected chi connectivity index (χ3v) is 4.26. The van der Waals surface area contributed by atoms with Gasteiger partial charge in [-0.2, -0.15) is 8.78 Å². The van der Waals surface area contributed by atoms with Gasteiger partial charge in [-0.1, -0.05) is 6.07 Å². The van der Waals surface area contributed by atoms with Gasteiger partial charge in [0.25, 0.3) is 0 Å². The molecule has 0 radical (unpaired) electrons. The lowest BCUT2D eigenvalue weighted by atomic mass is 10.2. The SMILES string of the molecule is CCOc1cc(/C=C/C(=O)Nc2ccc(N3CCOCC3)nc2)ccc1OC(F)F. The molecular formula is C21H23F2N3O4. The number of aromatic nitrogens is 1. The first-order valence-electron chi connectivity index (χ1n) is 9.54. The largest absolute Gasteiger partial charge is 0.490 e. The summed E-state index contributed by atoms with van der Waals surface area (Å²) in [7, 11) is 0. The fraction of sp³-hybridized carbons (Fsp3) is 0.333. The van der Waals surface area contributed by atoms with Crippen molar-refractivity contribution in [2.24, 2.45) is 0 Å². The molecule has 2 heterocycles. The molecular weight excluding hydrogens is 396 g/mol. The lowest BCUT2D eigenvalue weighted by Gasteiger charge is -2.27. The molecule has 0 aliphatic carbocycles. The van der Waals surface area contributed by atoms with Gasteiger partial charge in [-0.3, -0.25) is 4.79 Å². The molecule has 7 nitrogen and oxygen atoms in total. The topological polar surface area (TPSA) is 72.9 Å². The molecule has 1 amide bonds. The lowest BCUT2D eigenvalue weighted by molar-refractivity contribution is -0.111. The van der Waals surface area contributed by atoms with Gasteiger partial charge in [0.2, 0.25) is 5.91 Å². The molecule has 1 aliphatic rings. The van der Waals surface area contributed by atoms with Crippen molar-refractivity contribution in [1.29, 1.82) is 0 Å². The second-order valence-electron chi connectivity index (χ2n) is 6.34. The molecule has 0 bridgehead atoms. The number of alkyl halides is 2. The fourth-order valence-electron chi connectivity index (χ4n) is 2.89. The Bertz CT molecular complexity index is 869. The van der Waals surface area contributed by atoms with E-state index in [0.717, 1.165) is 18.9 Å². The molecule has 1 aromatic heterocycles. The van der Waals surface area contributed by atoms with Gasteiger partial charge in [-0.05, 0) is 42.8 Å². The summed E-state index contributed by atoms with van der Waals surface area (Å²) in [6.45, 7) is 2.00. The van der Waals surface area contributed by atoms with Crippen molar-refractivity contribution in [3.05, 3.63) is 48.2 Å². The summed E-state index contributed by atoms with van der Waals surface area (Å²) < 4.78 is 40.0. The van der Waals surface area contributed by atoms with Gasteiger partial charge < -0.3 is 24.4 Å². The van der Waals surface area contributed by atoms with E-state index in [9.17, 15) is 13.6 Å². The van der Waals surface area contributed by atoms with Crippen LogP contribution in [-0.4, -0.2) is 50.4 Å². The quantitative estimate of drug-likeness (QED) is 0.660. The maximum Gasteiger partial charge on any atom is 0.387 e. The number of benzene rings is 1. The fourth-order valence-corrected chi connectivity index (χ4v) is 2.89. The predicted molar refractivity (Wildman–Crippen MR) is 109 cm³/mol. The number of pyridine rings is 1. The number of carbonyl (C=O) groups excluding carboxylic acids is 1. The van der Waals surface area contributed by atoms with Gasteiger partial charge in [0.05, 0.1) is 31.7 Å². The molecule has 1 aliphatic heterocycles. The van der Waals surface area contributed by atoms with E-state index in [0.29, 0.717) is 31.1 Å². The molecule has 3 rings (SSSR count). The molecule has 1 N–H and O–H groups in total. The Morgan fingerprint density at radius 2 is 2.07 bits per heavy atom. The molecule has 30 heavy (non-hydrogen) atoms. The van der Waals surface area contributed by atoms with Crippen LogP contribution in [0.3, 0.4) is 0 Å². The molecule has 9 heteroatoms. The summed E-state index contributed by atoms with van der Waals surface area (Å²) in [5, 5.41) is 2.73. The van der Waals surface area contributed by atoms with E-state index >= 15 is 0 Å². The molecule has 2 aromatic rings. The number of morpholine rings is 1. The summed E-state index contributed by atoms with van der Waals surface area (Å²) in [5.41, 5.74) is 1.17. The summed E-state index contributed by atoms with van der Waals surface area (Å²) in [6.07, 6.45) is 4.49. The van der Waals surface area contributed by atoms with Gasteiger partial charge in [0.1, 0.15) is 5.82 Å². The van der Waals surface area contributed by atoms with E-state index in [2.05, 4.69) is 19.9 Å². The van der Waals surface area contributed by atoms with Crippen LogP contribution in [0.15, 0.2) is 42.6 Å². The normalized spacial score (nSPS) is 14.2. The van der Waals surface area contributed by atoms with Gasteiger partial charge in [0, 0.05) is 19.2 Å². The second-order valence-corrected chi connectivity index (χ2v) is 6.34. The van der Waals surface area contributed by atoms with Crippen molar-refractivity contribution < 1.29 is 27.8 Å². The number of hydrogen-bond acceptors (Lipinski definition) is 6. The number of rotatable bonds is 8. The van der Waals surface area contributed by atoms with Crippen molar-refractivity contribution in [1.82, 2.24) is 4.98 Å². The van der Waals surface area contributed by atoms with Crippen LogP contribution >= 0.6 is 0 Å². The van der Waals surface area contributed by atoms with Crippen molar-refractivity contribution in [3.63, 3.8) is 0 Å². The third-order valence-electron chi connectivity index (χ3n) is 4.26. The van der Waals surface area contributed by atoms with E-state index in [1.807, 2.05) is 6.07 Å². The van der Waals surface area contributed by atoms with Crippen LogP contribution < -0.4 is 19.7 Å². The number of nitrogens with one attached hydrogen (secondary N) is 1. The first kappa shape index (κ1) is 21.5. The summed E-state index contributed by atoms with van der Waals surface area (Å²) in [5.74, 6) is 0.617. The minimum absolute atomic E-state index is 0.0557. The first-order valence-corrected chi connectivity index (χ1v) is 9.54. The Kier molecular flexibility index (Phi) is 7.56. The Labute approximate surface area is 173 Å². The second kappa shape index (κ2) is 10.5. The standard InChI is InChI=1S/C21H23F2N3O4/c1-2-29-18-13-15(3-6-17(18)30-21(22)23)4-8-20(27)25-16-5-7-19(24-14-16)26-9-11-28-12-10-26/h3-8,13-14,21H,2,9-12H2,1H3,(H,25,27)/b8-4+. The molecule has 1 saturated heterocycles. The van der Waals surface area contributed by atoms with E-state index in [4.69, 9.17) is 9.47 Å². The highest BCUT2D eigenvalue weighted by atomic mass is 19.3. The number of nitrogens with zero attached hydrogens (tertiary/aromatic N) is 2. The highest BCUT2D eigenvalue weighted by Gasteiger charge is 2.13. The molecule has 160 valence electrons. The minimum atomic E-state index is -2.94. The van der Waals surface area contributed by atoms with Crippen LogP contribution in [-0.2, 0) is 9.53 Å². The zero-order valence-corrected chi connectivity index (χ0v) is 16.5. The Hall–Kier alpha value is -3.20. The number of carbonyl (C=O) groups is 1. The van der Waals surface area contributed by atoms with E-state index in [-0.39, 0.29) is 17.4 Å². The highest BCUT2D eigenvalue weighted by molar-refractivity contribution is 6.01. The van der Waals surface area contributed by atoms with Crippen LogP contribution in [0.5, 0.6) is 11.5 Å². The third kappa shape index (κ3) is 6.15. The average molecular weight is 419 g/mol. The van der Waals surface area contributed by atoms with Crippen LogP contribution in [0.4, 0.5) is 20.3 Å². The van der Waals surface area contributed by atoms with Crippen LogP contribution in [0.2, 0.25) is 0 Å². The Morgan fingerprint density at radius 3 is 2.73 bits per heavy atom. The number of anilines is 2. The van der Waals surface area contributed by atoms with Crippen molar-refractivity contribution in [2.45, 2.75) is 13.5 Å². The van der Waals surface area contributed by atoms with E-state index in [1.165, 1.54) is 18.2 Å². The molecule has 0 spiro atoms. The number of amides is 1. The smallest absolute Gasteiger partial charge is 0.387 e. The lowest BCUT2D eigenvalue weighted by Crippen LogP contribution is -2.36. The molecule has 1 aromatic carbocycles.